The second-order valence-electron chi connectivity index (χ2n) is 3.48. The fourth-order valence-electron chi connectivity index (χ4n) is 1.34. The van der Waals surface area contributed by atoms with Gasteiger partial charge in [0.2, 0.25) is 0 Å². The van der Waals surface area contributed by atoms with Crippen LogP contribution in [-0.4, -0.2) is 32.4 Å². The van der Waals surface area contributed by atoms with Gasteiger partial charge in [-0.2, -0.15) is 0 Å². The normalized spacial score (nSPS) is 12.1. The van der Waals surface area contributed by atoms with Crippen molar-refractivity contribution >= 4 is 27.7 Å². The molecule has 0 bridgehead atoms. The number of carboxylic acids is 1. The highest BCUT2D eigenvalue weighted by Gasteiger charge is 2.20. The van der Waals surface area contributed by atoms with Crippen molar-refractivity contribution in [2.75, 3.05) is 5.33 Å². The molecule has 0 fully saturated rings. The van der Waals surface area contributed by atoms with E-state index < -0.39 is 12.1 Å². The summed E-state index contributed by atoms with van der Waals surface area (Å²) in [6.07, 6.45) is -1.68. The summed E-state index contributed by atoms with van der Waals surface area (Å²) in [6.45, 7) is 0. The number of carbonyl (C=O) groups is 2. The quantitative estimate of drug-likeness (QED) is 0.706. The van der Waals surface area contributed by atoms with Gasteiger partial charge in [-0.1, -0.05) is 22.0 Å². The highest BCUT2D eigenvalue weighted by atomic mass is 79.9. The first kappa shape index (κ1) is 13.7. The van der Waals surface area contributed by atoms with Crippen molar-refractivity contribution in [1.82, 2.24) is 0 Å². The number of hydrogen-bond donors (Lipinski definition) is 3. The van der Waals surface area contributed by atoms with Crippen LogP contribution in [-0.2, 0) is 16.0 Å². The van der Waals surface area contributed by atoms with Gasteiger partial charge >= 0.3 is 5.97 Å². The number of phenolic OH excluding ortho intramolecular Hbond substituents is 1. The van der Waals surface area contributed by atoms with E-state index in [-0.39, 0.29) is 28.8 Å². The first-order valence-electron chi connectivity index (χ1n) is 4.76. The molecule has 0 aliphatic heterocycles. The van der Waals surface area contributed by atoms with E-state index in [0.717, 1.165) is 0 Å². The van der Waals surface area contributed by atoms with Crippen LogP contribution in [0.15, 0.2) is 18.2 Å². The Balaban J connectivity index is 3.02. The van der Waals surface area contributed by atoms with Gasteiger partial charge in [-0.15, -0.1) is 0 Å². The lowest BCUT2D eigenvalue weighted by Gasteiger charge is -2.10. The van der Waals surface area contributed by atoms with E-state index in [9.17, 15) is 19.8 Å². The number of carbonyl (C=O) groups excluding carboxylic acids is 1. The van der Waals surface area contributed by atoms with Crippen LogP contribution in [0.3, 0.4) is 0 Å². The molecule has 1 atom stereocenters. The summed E-state index contributed by atoms with van der Waals surface area (Å²) in [7, 11) is 0. The average molecular weight is 303 g/mol. The van der Waals surface area contributed by atoms with E-state index in [1.165, 1.54) is 18.2 Å². The van der Waals surface area contributed by atoms with E-state index in [1.807, 2.05) is 0 Å². The van der Waals surface area contributed by atoms with Gasteiger partial charge in [0.15, 0.2) is 6.10 Å². The molecule has 0 radical (unpaired) electrons. The zero-order valence-corrected chi connectivity index (χ0v) is 10.3. The number of ketones is 1. The number of Topliss-reactive ketones (excluding diaryl/α,β-unsaturated/α-hetero) is 1. The van der Waals surface area contributed by atoms with Crippen LogP contribution in [0, 0.1) is 0 Å². The largest absolute Gasteiger partial charge is 0.508 e. The first-order valence-corrected chi connectivity index (χ1v) is 5.88. The molecule has 5 nitrogen and oxygen atoms in total. The Morgan fingerprint density at radius 1 is 1.35 bits per heavy atom. The summed E-state index contributed by atoms with van der Waals surface area (Å²) in [6, 6.07) is 4.08. The first-order chi connectivity index (χ1) is 7.95. The molecule has 0 aliphatic carbocycles. The van der Waals surface area contributed by atoms with Crippen LogP contribution in [0.25, 0.3) is 0 Å². The number of rotatable bonds is 5. The third kappa shape index (κ3) is 3.54. The van der Waals surface area contributed by atoms with E-state index in [4.69, 9.17) is 5.11 Å². The van der Waals surface area contributed by atoms with Gasteiger partial charge in [-0.25, -0.2) is 4.79 Å². The zero-order chi connectivity index (χ0) is 13.0. The van der Waals surface area contributed by atoms with Gasteiger partial charge in [0.25, 0.3) is 0 Å². The molecule has 0 amide bonds. The summed E-state index contributed by atoms with van der Waals surface area (Å²) in [4.78, 5) is 21.8. The Bertz CT molecular complexity index is 443. The standard InChI is InChI=1S/C11H11BrO5/c12-5-7(13)3-6-1-2-9(14)8(4-6)10(15)11(16)17/h1-2,4,10,14-15H,3,5H2,(H,16,17). The third-order valence-corrected chi connectivity index (χ3v) is 2.80. The Morgan fingerprint density at radius 3 is 2.53 bits per heavy atom. The van der Waals surface area contributed by atoms with E-state index in [0.29, 0.717) is 5.56 Å². The number of alkyl halides is 1. The van der Waals surface area contributed by atoms with Crippen molar-refractivity contribution in [1.29, 1.82) is 0 Å². The molecule has 1 rings (SSSR count). The van der Waals surface area contributed by atoms with Gasteiger partial charge in [0.1, 0.15) is 11.5 Å². The molecule has 6 heteroatoms. The Hall–Kier alpha value is -1.40. The number of aliphatic carboxylic acids is 1. The highest BCUT2D eigenvalue weighted by Crippen LogP contribution is 2.25. The van der Waals surface area contributed by atoms with Gasteiger partial charge in [-0.3, -0.25) is 4.79 Å². The number of aliphatic hydroxyl groups is 1. The molecule has 1 aromatic carbocycles. The van der Waals surface area contributed by atoms with E-state index >= 15 is 0 Å². The van der Waals surface area contributed by atoms with Gasteiger partial charge in [0, 0.05) is 12.0 Å². The minimum atomic E-state index is -1.80. The Morgan fingerprint density at radius 2 is 2.00 bits per heavy atom. The van der Waals surface area contributed by atoms with Crippen molar-refractivity contribution in [2.24, 2.45) is 0 Å². The molecule has 1 unspecified atom stereocenters. The molecule has 0 aromatic heterocycles. The summed E-state index contributed by atoms with van der Waals surface area (Å²) in [5.74, 6) is -1.84. The smallest absolute Gasteiger partial charge is 0.337 e. The SMILES string of the molecule is O=C(CBr)Cc1ccc(O)c(C(O)C(=O)O)c1. The number of carboxylic acid groups (broad SMARTS) is 1. The van der Waals surface area contributed by atoms with E-state index in [2.05, 4.69) is 15.9 Å². The molecular weight excluding hydrogens is 292 g/mol. The highest BCUT2D eigenvalue weighted by molar-refractivity contribution is 9.09. The summed E-state index contributed by atoms with van der Waals surface area (Å²) in [5, 5.41) is 27.6. The number of aromatic hydroxyl groups is 1. The van der Waals surface area contributed by atoms with Crippen LogP contribution >= 0.6 is 15.9 Å². The predicted molar refractivity (Wildman–Crippen MR) is 63.2 cm³/mol. The molecule has 0 spiro atoms. The minimum absolute atomic E-state index is 0.0774. The maximum absolute atomic E-state index is 11.2. The predicted octanol–water partition coefficient (Wildman–Crippen LogP) is 1.02. The monoisotopic (exact) mass is 302 g/mol. The third-order valence-electron chi connectivity index (χ3n) is 2.17. The second-order valence-corrected chi connectivity index (χ2v) is 4.04. The fraction of sp³-hybridized carbons (Fsp3) is 0.273. The maximum Gasteiger partial charge on any atom is 0.337 e. The maximum atomic E-state index is 11.2. The molecule has 17 heavy (non-hydrogen) atoms. The minimum Gasteiger partial charge on any atom is -0.508 e. The summed E-state index contributed by atoms with van der Waals surface area (Å²) in [5.41, 5.74) is 0.430. The zero-order valence-electron chi connectivity index (χ0n) is 8.76. The molecule has 0 saturated carbocycles. The molecule has 0 saturated heterocycles. The van der Waals surface area contributed by atoms with Crippen LogP contribution < -0.4 is 0 Å². The van der Waals surface area contributed by atoms with Crippen molar-refractivity contribution in [3.63, 3.8) is 0 Å². The molecule has 0 heterocycles. The fourth-order valence-corrected chi connectivity index (χ4v) is 1.54. The number of aliphatic hydroxyl groups excluding tert-OH is 1. The number of phenols is 1. The van der Waals surface area contributed by atoms with Gasteiger partial charge in [0.05, 0.1) is 5.33 Å². The van der Waals surface area contributed by atoms with Crippen molar-refractivity contribution in [3.8, 4) is 5.75 Å². The van der Waals surface area contributed by atoms with Gasteiger partial charge < -0.3 is 15.3 Å². The Labute approximate surface area is 106 Å². The lowest BCUT2D eigenvalue weighted by Crippen LogP contribution is -2.11. The lowest BCUT2D eigenvalue weighted by molar-refractivity contribution is -0.147. The average Bonchev–Trinajstić information content (AvgIpc) is 2.30. The topological polar surface area (TPSA) is 94.8 Å². The second kappa shape index (κ2) is 5.79. The molecule has 1 aromatic rings. The van der Waals surface area contributed by atoms with E-state index in [1.54, 1.807) is 0 Å². The van der Waals surface area contributed by atoms with Gasteiger partial charge in [-0.05, 0) is 17.7 Å². The van der Waals surface area contributed by atoms with Crippen molar-refractivity contribution in [2.45, 2.75) is 12.5 Å². The van der Waals surface area contributed by atoms with Crippen LogP contribution in [0.4, 0.5) is 0 Å². The van der Waals surface area contributed by atoms with Crippen molar-refractivity contribution < 1.29 is 24.9 Å². The number of hydrogen-bond acceptors (Lipinski definition) is 4. The van der Waals surface area contributed by atoms with Crippen LogP contribution in [0.2, 0.25) is 0 Å². The summed E-state index contributed by atoms with van der Waals surface area (Å²) < 4.78 is 0. The molecule has 92 valence electrons. The van der Waals surface area contributed by atoms with Crippen molar-refractivity contribution in [3.05, 3.63) is 29.3 Å². The number of benzene rings is 1. The molecule has 3 N–H and O–H groups in total. The molecular formula is C11H11BrO5. The lowest BCUT2D eigenvalue weighted by atomic mass is 10.0. The Kier molecular flexibility index (Phi) is 4.65. The number of halogens is 1. The van der Waals surface area contributed by atoms with Crippen LogP contribution in [0.1, 0.15) is 17.2 Å². The molecule has 0 aliphatic rings. The van der Waals surface area contributed by atoms with Crippen LogP contribution in [0.5, 0.6) is 5.75 Å². The summed E-state index contributed by atoms with van der Waals surface area (Å²) >= 11 is 3.01.